The average molecular weight is 245 g/mol. The molecule has 0 amide bonds. The summed E-state index contributed by atoms with van der Waals surface area (Å²) in [6.07, 6.45) is 4.99. The topological polar surface area (TPSA) is 61.6 Å². The third-order valence-corrected chi connectivity index (χ3v) is 2.60. The summed E-state index contributed by atoms with van der Waals surface area (Å²) in [7, 11) is 0. The Morgan fingerprint density at radius 1 is 1.24 bits per heavy atom. The molecule has 0 saturated carbocycles. The van der Waals surface area contributed by atoms with Crippen molar-refractivity contribution in [1.29, 1.82) is 5.26 Å². The normalized spacial score (nSPS) is 9.65. The SMILES string of the molecule is N#Cc1ccnc(NCc2ccncc2)c1Cl. The van der Waals surface area contributed by atoms with E-state index in [1.807, 2.05) is 18.2 Å². The molecule has 0 saturated heterocycles. The summed E-state index contributed by atoms with van der Waals surface area (Å²) in [5.41, 5.74) is 1.49. The predicted molar refractivity (Wildman–Crippen MR) is 65.5 cm³/mol. The third-order valence-electron chi connectivity index (χ3n) is 2.22. The number of nitrogens with one attached hydrogen (secondary N) is 1. The van der Waals surface area contributed by atoms with E-state index < -0.39 is 0 Å². The number of pyridine rings is 2. The maximum absolute atomic E-state index is 8.83. The Bertz CT molecular complexity index is 548. The molecular formula is C12H9ClN4. The van der Waals surface area contributed by atoms with Crippen LogP contribution in [0, 0.1) is 11.3 Å². The van der Waals surface area contributed by atoms with Crippen LogP contribution < -0.4 is 5.32 Å². The Morgan fingerprint density at radius 3 is 2.71 bits per heavy atom. The van der Waals surface area contributed by atoms with Crippen molar-refractivity contribution < 1.29 is 0 Å². The van der Waals surface area contributed by atoms with Gasteiger partial charge in [0.15, 0.2) is 0 Å². The zero-order valence-corrected chi connectivity index (χ0v) is 9.65. The van der Waals surface area contributed by atoms with Gasteiger partial charge in [0.25, 0.3) is 0 Å². The Kier molecular flexibility index (Phi) is 3.53. The van der Waals surface area contributed by atoms with E-state index in [4.69, 9.17) is 16.9 Å². The molecule has 0 aliphatic heterocycles. The molecule has 2 rings (SSSR count). The fraction of sp³-hybridized carbons (Fsp3) is 0.0833. The lowest BCUT2D eigenvalue weighted by Crippen LogP contribution is -2.02. The van der Waals surface area contributed by atoms with Crippen LogP contribution in [0.3, 0.4) is 0 Å². The number of hydrogen-bond donors (Lipinski definition) is 1. The minimum Gasteiger partial charge on any atom is -0.365 e. The lowest BCUT2D eigenvalue weighted by Gasteiger charge is -2.07. The number of anilines is 1. The van der Waals surface area contributed by atoms with E-state index in [0.717, 1.165) is 5.56 Å². The summed E-state index contributed by atoms with van der Waals surface area (Å²) >= 11 is 6.02. The van der Waals surface area contributed by atoms with Gasteiger partial charge in [-0.1, -0.05) is 11.6 Å². The number of nitriles is 1. The highest BCUT2D eigenvalue weighted by Crippen LogP contribution is 2.23. The van der Waals surface area contributed by atoms with Crippen molar-refractivity contribution in [2.75, 3.05) is 5.32 Å². The highest BCUT2D eigenvalue weighted by Gasteiger charge is 2.06. The molecule has 0 unspecified atom stereocenters. The standard InChI is InChI=1S/C12H9ClN4/c13-11-10(7-14)3-6-16-12(11)17-8-9-1-4-15-5-2-9/h1-6H,8H2,(H,16,17). The van der Waals surface area contributed by atoms with Gasteiger partial charge >= 0.3 is 0 Å². The molecule has 5 heteroatoms. The smallest absolute Gasteiger partial charge is 0.146 e. The monoisotopic (exact) mass is 244 g/mol. The van der Waals surface area contributed by atoms with Gasteiger partial charge in [-0.05, 0) is 23.8 Å². The Balaban J connectivity index is 2.13. The van der Waals surface area contributed by atoms with Crippen molar-refractivity contribution in [3.8, 4) is 6.07 Å². The van der Waals surface area contributed by atoms with Crippen LogP contribution in [-0.4, -0.2) is 9.97 Å². The highest BCUT2D eigenvalue weighted by atomic mass is 35.5. The van der Waals surface area contributed by atoms with Crippen LogP contribution in [0.25, 0.3) is 0 Å². The molecule has 0 aromatic carbocycles. The first-order chi connectivity index (χ1) is 8.31. The minimum absolute atomic E-state index is 0.351. The molecular weight excluding hydrogens is 236 g/mol. The Hall–Kier alpha value is -2.12. The summed E-state index contributed by atoms with van der Waals surface area (Å²) in [5, 5.41) is 12.3. The van der Waals surface area contributed by atoms with E-state index >= 15 is 0 Å². The van der Waals surface area contributed by atoms with E-state index in [0.29, 0.717) is 22.9 Å². The number of nitrogens with zero attached hydrogens (tertiary/aromatic N) is 3. The maximum Gasteiger partial charge on any atom is 0.146 e. The molecule has 0 atom stereocenters. The second-order valence-corrected chi connectivity index (χ2v) is 3.72. The van der Waals surface area contributed by atoms with Gasteiger partial charge < -0.3 is 5.32 Å². The number of halogens is 1. The van der Waals surface area contributed by atoms with Crippen molar-refractivity contribution in [2.45, 2.75) is 6.54 Å². The lowest BCUT2D eigenvalue weighted by molar-refractivity contribution is 1.10. The number of aromatic nitrogens is 2. The predicted octanol–water partition coefficient (Wildman–Crippen LogP) is 2.61. The Morgan fingerprint density at radius 2 is 2.00 bits per heavy atom. The molecule has 2 heterocycles. The molecule has 0 bridgehead atoms. The van der Waals surface area contributed by atoms with Crippen LogP contribution >= 0.6 is 11.6 Å². The molecule has 0 radical (unpaired) electrons. The molecule has 84 valence electrons. The van der Waals surface area contributed by atoms with Crippen molar-refractivity contribution in [1.82, 2.24) is 9.97 Å². The van der Waals surface area contributed by atoms with E-state index in [1.54, 1.807) is 24.7 Å². The minimum atomic E-state index is 0.351. The van der Waals surface area contributed by atoms with E-state index in [1.165, 1.54) is 0 Å². The fourth-order valence-corrected chi connectivity index (χ4v) is 1.56. The molecule has 2 aromatic heterocycles. The zero-order chi connectivity index (χ0) is 12.1. The van der Waals surface area contributed by atoms with Crippen molar-refractivity contribution in [2.24, 2.45) is 0 Å². The first-order valence-electron chi connectivity index (χ1n) is 4.98. The van der Waals surface area contributed by atoms with Gasteiger partial charge in [0.1, 0.15) is 16.9 Å². The summed E-state index contributed by atoms with van der Waals surface area (Å²) < 4.78 is 0. The third kappa shape index (κ3) is 2.71. The van der Waals surface area contributed by atoms with Crippen LogP contribution in [0.15, 0.2) is 36.8 Å². The quantitative estimate of drug-likeness (QED) is 0.902. The van der Waals surface area contributed by atoms with Crippen molar-refractivity contribution in [3.63, 3.8) is 0 Å². The van der Waals surface area contributed by atoms with Crippen LogP contribution in [0.2, 0.25) is 5.02 Å². The molecule has 4 nitrogen and oxygen atoms in total. The largest absolute Gasteiger partial charge is 0.365 e. The van der Waals surface area contributed by atoms with Crippen LogP contribution in [0.5, 0.6) is 0 Å². The Labute approximate surface area is 104 Å². The number of hydrogen-bond acceptors (Lipinski definition) is 4. The average Bonchev–Trinajstić information content (AvgIpc) is 2.39. The van der Waals surface area contributed by atoms with Gasteiger partial charge in [0.05, 0.1) is 5.56 Å². The van der Waals surface area contributed by atoms with Crippen molar-refractivity contribution >= 4 is 17.4 Å². The lowest BCUT2D eigenvalue weighted by atomic mass is 10.2. The first kappa shape index (κ1) is 11.4. The number of rotatable bonds is 3. The first-order valence-corrected chi connectivity index (χ1v) is 5.36. The molecule has 17 heavy (non-hydrogen) atoms. The summed E-state index contributed by atoms with van der Waals surface area (Å²) in [4.78, 5) is 8.02. The highest BCUT2D eigenvalue weighted by molar-refractivity contribution is 6.34. The van der Waals surface area contributed by atoms with Crippen LogP contribution in [0.4, 0.5) is 5.82 Å². The van der Waals surface area contributed by atoms with Crippen molar-refractivity contribution in [3.05, 3.63) is 52.9 Å². The zero-order valence-electron chi connectivity index (χ0n) is 8.89. The second-order valence-electron chi connectivity index (χ2n) is 3.34. The molecule has 0 spiro atoms. The van der Waals surface area contributed by atoms with E-state index in [-0.39, 0.29) is 0 Å². The summed E-state index contributed by atoms with van der Waals surface area (Å²) in [6, 6.07) is 7.39. The van der Waals surface area contributed by atoms with Crippen LogP contribution in [-0.2, 0) is 6.54 Å². The maximum atomic E-state index is 8.83. The van der Waals surface area contributed by atoms with Gasteiger partial charge in [0.2, 0.25) is 0 Å². The van der Waals surface area contributed by atoms with Gasteiger partial charge in [-0.25, -0.2) is 4.98 Å². The van der Waals surface area contributed by atoms with Gasteiger partial charge in [-0.3, -0.25) is 4.98 Å². The molecule has 2 aromatic rings. The summed E-state index contributed by atoms with van der Waals surface area (Å²) in [5.74, 6) is 0.516. The molecule has 0 fully saturated rings. The fourth-order valence-electron chi connectivity index (χ4n) is 1.34. The van der Waals surface area contributed by atoms with Crippen LogP contribution in [0.1, 0.15) is 11.1 Å². The second kappa shape index (κ2) is 5.28. The molecule has 0 aliphatic rings. The molecule has 0 aliphatic carbocycles. The molecule has 1 N–H and O–H groups in total. The summed E-state index contributed by atoms with van der Waals surface area (Å²) in [6.45, 7) is 0.587. The van der Waals surface area contributed by atoms with Gasteiger partial charge in [-0.2, -0.15) is 5.26 Å². The van der Waals surface area contributed by atoms with E-state index in [2.05, 4.69) is 15.3 Å². The van der Waals surface area contributed by atoms with Gasteiger partial charge in [0, 0.05) is 25.1 Å². The van der Waals surface area contributed by atoms with E-state index in [9.17, 15) is 0 Å². The van der Waals surface area contributed by atoms with Gasteiger partial charge in [-0.15, -0.1) is 0 Å².